The summed E-state index contributed by atoms with van der Waals surface area (Å²) in [6, 6.07) is 0.254. The fourth-order valence-corrected chi connectivity index (χ4v) is 5.41. The average Bonchev–Trinajstić information content (AvgIpc) is 2.53. The molecule has 4 nitrogen and oxygen atoms in total. The summed E-state index contributed by atoms with van der Waals surface area (Å²) in [6.07, 6.45) is 3.53. The zero-order valence-corrected chi connectivity index (χ0v) is 14.0. The highest BCUT2D eigenvalue weighted by Crippen LogP contribution is 2.41. The van der Waals surface area contributed by atoms with Gasteiger partial charge in [0.05, 0.1) is 5.75 Å². The van der Waals surface area contributed by atoms with Gasteiger partial charge in [-0.15, -0.1) is 0 Å². The maximum absolute atomic E-state index is 12.2. The lowest BCUT2D eigenvalue weighted by molar-refractivity contribution is -0.131. The molecule has 1 saturated carbocycles. The van der Waals surface area contributed by atoms with Crippen LogP contribution in [0.3, 0.4) is 0 Å². The quantitative estimate of drug-likeness (QED) is 0.751. The molecule has 20 heavy (non-hydrogen) atoms. The molecule has 3 unspecified atom stereocenters. The number of halogens is 1. The van der Waals surface area contributed by atoms with Gasteiger partial charge < -0.3 is 4.90 Å². The van der Waals surface area contributed by atoms with Gasteiger partial charge in [-0.2, -0.15) is 0 Å². The van der Waals surface area contributed by atoms with Crippen molar-refractivity contribution >= 4 is 25.6 Å². The number of nitrogens with zero attached hydrogens (tertiary/aromatic N) is 1. The smallest absolute Gasteiger partial charge is 0.232 e. The van der Waals surface area contributed by atoms with E-state index in [1.54, 1.807) is 0 Å². The Bertz CT molecular complexity index is 489. The summed E-state index contributed by atoms with van der Waals surface area (Å²) in [5.41, 5.74) is 0.249. The molecule has 1 aliphatic carbocycles. The lowest BCUT2D eigenvalue weighted by atomic mass is 9.70. The zero-order chi connectivity index (χ0) is 15.1. The predicted molar refractivity (Wildman–Crippen MR) is 80.0 cm³/mol. The monoisotopic (exact) mass is 321 g/mol. The van der Waals surface area contributed by atoms with Crippen LogP contribution in [0.25, 0.3) is 0 Å². The topological polar surface area (TPSA) is 54.5 Å². The van der Waals surface area contributed by atoms with E-state index in [2.05, 4.69) is 20.8 Å². The Labute approximate surface area is 126 Å². The van der Waals surface area contributed by atoms with E-state index in [-0.39, 0.29) is 29.0 Å². The molecule has 116 valence electrons. The number of hydrogen-bond acceptors (Lipinski definition) is 3. The summed E-state index contributed by atoms with van der Waals surface area (Å²) >= 11 is 0. The van der Waals surface area contributed by atoms with Crippen LogP contribution in [0.1, 0.15) is 46.5 Å². The number of rotatable bonds is 3. The van der Waals surface area contributed by atoms with E-state index in [1.807, 2.05) is 4.90 Å². The van der Waals surface area contributed by atoms with Gasteiger partial charge in [-0.25, -0.2) is 8.42 Å². The summed E-state index contributed by atoms with van der Waals surface area (Å²) in [5, 5.41) is 0. The van der Waals surface area contributed by atoms with Gasteiger partial charge in [0.25, 0.3) is 0 Å². The van der Waals surface area contributed by atoms with Gasteiger partial charge in [0.2, 0.25) is 15.0 Å². The summed E-state index contributed by atoms with van der Waals surface area (Å²) in [6.45, 7) is 7.27. The number of likely N-dealkylation sites (tertiary alicyclic amines) is 1. The molecule has 0 aromatic rings. The second-order valence-electron chi connectivity index (χ2n) is 7.39. The molecule has 0 aromatic heterocycles. The molecule has 6 heteroatoms. The average molecular weight is 322 g/mol. The Morgan fingerprint density at radius 2 is 2.00 bits per heavy atom. The molecule has 1 saturated heterocycles. The lowest BCUT2D eigenvalue weighted by Gasteiger charge is -2.42. The number of carbonyl (C=O) groups excluding carboxylic acids is 1. The molecule has 0 N–H and O–H groups in total. The van der Waals surface area contributed by atoms with Crippen LogP contribution in [0.5, 0.6) is 0 Å². The molecule has 0 spiro atoms. The van der Waals surface area contributed by atoms with E-state index in [0.29, 0.717) is 18.9 Å². The van der Waals surface area contributed by atoms with E-state index in [0.717, 1.165) is 12.8 Å². The van der Waals surface area contributed by atoms with Gasteiger partial charge >= 0.3 is 0 Å². The van der Waals surface area contributed by atoms with Crippen LogP contribution in [0.2, 0.25) is 0 Å². The van der Waals surface area contributed by atoms with E-state index < -0.39 is 9.05 Å². The maximum Gasteiger partial charge on any atom is 0.232 e. The molecular formula is C14H24ClNO3S. The summed E-state index contributed by atoms with van der Waals surface area (Å²) in [5.74, 6) is 0.450. The third-order valence-corrected chi connectivity index (χ3v) is 5.73. The van der Waals surface area contributed by atoms with Gasteiger partial charge in [0, 0.05) is 35.6 Å². The molecule has 2 aliphatic rings. The summed E-state index contributed by atoms with van der Waals surface area (Å²) in [4.78, 5) is 14.1. The second kappa shape index (κ2) is 5.48. The van der Waals surface area contributed by atoms with Gasteiger partial charge in [0.1, 0.15) is 0 Å². The number of hydrogen-bond donors (Lipinski definition) is 0. The van der Waals surface area contributed by atoms with Crippen LogP contribution < -0.4 is 0 Å². The van der Waals surface area contributed by atoms with Gasteiger partial charge in [-0.3, -0.25) is 4.79 Å². The van der Waals surface area contributed by atoms with E-state index in [9.17, 15) is 13.2 Å². The van der Waals surface area contributed by atoms with Crippen molar-refractivity contribution in [1.29, 1.82) is 0 Å². The van der Waals surface area contributed by atoms with Crippen molar-refractivity contribution in [3.05, 3.63) is 0 Å². The molecule has 1 heterocycles. The van der Waals surface area contributed by atoms with Crippen LogP contribution >= 0.6 is 10.7 Å². The molecule has 1 aliphatic heterocycles. The first-order valence-electron chi connectivity index (χ1n) is 7.27. The molecule has 3 atom stereocenters. The Morgan fingerprint density at radius 1 is 1.35 bits per heavy atom. The van der Waals surface area contributed by atoms with Crippen molar-refractivity contribution in [2.24, 2.45) is 17.3 Å². The van der Waals surface area contributed by atoms with Gasteiger partial charge in [0.15, 0.2) is 0 Å². The van der Waals surface area contributed by atoms with Crippen LogP contribution in [0.4, 0.5) is 0 Å². The summed E-state index contributed by atoms with van der Waals surface area (Å²) in [7, 11) is 1.78. The van der Waals surface area contributed by atoms with Crippen molar-refractivity contribution in [3.8, 4) is 0 Å². The molecule has 2 fully saturated rings. The van der Waals surface area contributed by atoms with Crippen molar-refractivity contribution in [2.45, 2.75) is 52.5 Å². The van der Waals surface area contributed by atoms with Crippen LogP contribution in [-0.4, -0.2) is 37.6 Å². The molecular weight excluding hydrogens is 298 g/mol. The molecule has 0 radical (unpaired) electrons. The third-order valence-electron chi connectivity index (χ3n) is 4.48. The fourth-order valence-electron chi connectivity index (χ4n) is 4.09. The summed E-state index contributed by atoms with van der Waals surface area (Å²) < 4.78 is 22.3. The van der Waals surface area contributed by atoms with Gasteiger partial charge in [-0.05, 0) is 30.6 Å². The van der Waals surface area contributed by atoms with Crippen molar-refractivity contribution in [2.75, 3.05) is 12.3 Å². The first kappa shape index (κ1) is 16.1. The van der Waals surface area contributed by atoms with Crippen LogP contribution in [-0.2, 0) is 13.8 Å². The Balaban J connectivity index is 2.04. The Hall–Kier alpha value is -0.290. The molecule has 1 amide bonds. The first-order chi connectivity index (χ1) is 9.06. The van der Waals surface area contributed by atoms with Crippen molar-refractivity contribution < 1.29 is 13.2 Å². The SMILES string of the molecule is CC1CC(N2CC(CS(=O)(=O)Cl)CC2=O)CC(C)(C)C1. The standard InChI is InChI=1S/C14H24ClNO3S/c1-10-4-12(7-14(2,3)6-10)16-8-11(5-13(16)17)9-20(15,18)19/h10-12H,4-9H2,1-3H3. The number of carbonyl (C=O) groups is 1. The Kier molecular flexibility index (Phi) is 4.41. The Morgan fingerprint density at radius 3 is 2.55 bits per heavy atom. The fraction of sp³-hybridized carbons (Fsp3) is 0.929. The van der Waals surface area contributed by atoms with Crippen molar-refractivity contribution in [3.63, 3.8) is 0 Å². The van der Waals surface area contributed by atoms with Gasteiger partial charge in [-0.1, -0.05) is 20.8 Å². The zero-order valence-electron chi connectivity index (χ0n) is 12.4. The van der Waals surface area contributed by atoms with Crippen LogP contribution in [0, 0.1) is 17.3 Å². The minimum atomic E-state index is -3.53. The first-order valence-corrected chi connectivity index (χ1v) is 9.75. The van der Waals surface area contributed by atoms with E-state index >= 15 is 0 Å². The molecule has 2 rings (SSSR count). The highest BCUT2D eigenvalue weighted by molar-refractivity contribution is 8.13. The third kappa shape index (κ3) is 4.10. The van der Waals surface area contributed by atoms with Crippen LogP contribution in [0.15, 0.2) is 0 Å². The highest BCUT2D eigenvalue weighted by Gasteiger charge is 2.41. The maximum atomic E-state index is 12.2. The second-order valence-corrected chi connectivity index (χ2v) is 10.2. The number of amides is 1. The largest absolute Gasteiger partial charge is 0.339 e. The predicted octanol–water partition coefficient (Wildman–Crippen LogP) is 2.62. The lowest BCUT2D eigenvalue weighted by Crippen LogP contribution is -2.44. The molecule has 0 bridgehead atoms. The molecule has 0 aromatic carbocycles. The highest BCUT2D eigenvalue weighted by atomic mass is 35.7. The van der Waals surface area contributed by atoms with E-state index in [4.69, 9.17) is 10.7 Å². The van der Waals surface area contributed by atoms with Crippen molar-refractivity contribution in [1.82, 2.24) is 4.90 Å². The minimum absolute atomic E-state index is 0.0882. The normalized spacial score (nSPS) is 34.5. The minimum Gasteiger partial charge on any atom is -0.339 e. The van der Waals surface area contributed by atoms with E-state index in [1.165, 1.54) is 6.42 Å².